The number of hydrogen-bond donors (Lipinski definition) is 1. The van der Waals surface area contributed by atoms with Crippen molar-refractivity contribution in [2.45, 2.75) is 0 Å². The summed E-state index contributed by atoms with van der Waals surface area (Å²) in [5, 5.41) is 12.9. The molecule has 0 aliphatic carbocycles. The van der Waals surface area contributed by atoms with Crippen molar-refractivity contribution in [3.63, 3.8) is 0 Å². The summed E-state index contributed by atoms with van der Waals surface area (Å²) in [7, 11) is 0. The van der Waals surface area contributed by atoms with Gasteiger partial charge in [-0.1, -0.05) is 5.16 Å². The van der Waals surface area contributed by atoms with Gasteiger partial charge in [0.1, 0.15) is 0 Å². The van der Waals surface area contributed by atoms with Crippen LogP contribution < -0.4 is 0 Å². The summed E-state index contributed by atoms with van der Waals surface area (Å²) in [6.45, 7) is 0. The zero-order valence-electron chi connectivity index (χ0n) is 4.41. The van der Waals surface area contributed by atoms with Crippen molar-refractivity contribution >= 4 is 40.1 Å². The molecule has 0 amide bonds. The van der Waals surface area contributed by atoms with Crippen molar-refractivity contribution in [3.8, 4) is 0 Å². The van der Waals surface area contributed by atoms with E-state index in [0.29, 0.717) is 0 Å². The second-order valence-electron chi connectivity index (χ2n) is 1.43. The summed E-state index contributed by atoms with van der Waals surface area (Å²) in [6, 6.07) is 1.95. The molecule has 1 heterocycles. The van der Waals surface area contributed by atoms with Crippen molar-refractivity contribution in [2.75, 3.05) is 0 Å². The Morgan fingerprint density at radius 3 is 3.00 bits per heavy atom. The standard InChI is InChI=1S/C5H4INOS/c6-5-1-4(2-7-8)3-9-5/h1-3,8H/b7-2+. The maximum atomic E-state index is 8.10. The van der Waals surface area contributed by atoms with Crippen LogP contribution in [0, 0.1) is 2.88 Å². The third-order valence-electron chi connectivity index (χ3n) is 0.795. The molecule has 0 radical (unpaired) electrons. The van der Waals surface area contributed by atoms with Crippen LogP contribution in [-0.2, 0) is 0 Å². The maximum absolute atomic E-state index is 8.10. The highest BCUT2D eigenvalue weighted by atomic mass is 127. The van der Waals surface area contributed by atoms with Crippen LogP contribution in [0.3, 0.4) is 0 Å². The van der Waals surface area contributed by atoms with E-state index in [1.807, 2.05) is 11.4 Å². The van der Waals surface area contributed by atoms with Crippen molar-refractivity contribution in [2.24, 2.45) is 5.16 Å². The number of rotatable bonds is 1. The highest BCUT2D eigenvalue weighted by Crippen LogP contribution is 2.14. The predicted octanol–water partition coefficient (Wildman–Crippen LogP) is 2.16. The Morgan fingerprint density at radius 2 is 2.56 bits per heavy atom. The molecule has 0 aliphatic heterocycles. The van der Waals surface area contributed by atoms with E-state index in [2.05, 4.69) is 27.7 Å². The van der Waals surface area contributed by atoms with Crippen LogP contribution in [0.4, 0.5) is 0 Å². The highest BCUT2D eigenvalue weighted by Gasteiger charge is 1.91. The van der Waals surface area contributed by atoms with Crippen LogP contribution in [0.5, 0.6) is 0 Å². The van der Waals surface area contributed by atoms with Gasteiger partial charge in [-0.2, -0.15) is 0 Å². The van der Waals surface area contributed by atoms with E-state index < -0.39 is 0 Å². The van der Waals surface area contributed by atoms with Crippen LogP contribution in [0.2, 0.25) is 0 Å². The minimum absolute atomic E-state index is 0.951. The molecule has 0 spiro atoms. The smallest absolute Gasteiger partial charge is 0.0742 e. The number of oxime groups is 1. The van der Waals surface area contributed by atoms with Crippen molar-refractivity contribution in [3.05, 3.63) is 19.9 Å². The Balaban J connectivity index is 2.85. The molecule has 48 valence electrons. The lowest BCUT2D eigenvalue weighted by Gasteiger charge is -1.74. The van der Waals surface area contributed by atoms with Gasteiger partial charge in [-0.05, 0) is 28.7 Å². The van der Waals surface area contributed by atoms with Gasteiger partial charge in [0.05, 0.1) is 9.10 Å². The molecule has 1 aromatic rings. The first-order chi connectivity index (χ1) is 4.33. The molecular weight excluding hydrogens is 249 g/mol. The van der Waals surface area contributed by atoms with Gasteiger partial charge in [0.2, 0.25) is 0 Å². The van der Waals surface area contributed by atoms with Crippen molar-refractivity contribution < 1.29 is 5.21 Å². The first-order valence-electron chi connectivity index (χ1n) is 2.24. The van der Waals surface area contributed by atoms with E-state index in [-0.39, 0.29) is 0 Å². The van der Waals surface area contributed by atoms with Gasteiger partial charge < -0.3 is 5.21 Å². The van der Waals surface area contributed by atoms with Gasteiger partial charge in [-0.25, -0.2) is 0 Å². The third kappa shape index (κ3) is 1.94. The molecule has 0 aromatic carbocycles. The van der Waals surface area contributed by atoms with Crippen molar-refractivity contribution in [1.29, 1.82) is 0 Å². The lowest BCUT2D eigenvalue weighted by atomic mass is 10.4. The quantitative estimate of drug-likeness (QED) is 0.353. The minimum atomic E-state index is 0.951. The lowest BCUT2D eigenvalue weighted by molar-refractivity contribution is 0.322. The first-order valence-corrected chi connectivity index (χ1v) is 4.20. The predicted molar refractivity (Wildman–Crippen MR) is 46.4 cm³/mol. The van der Waals surface area contributed by atoms with Gasteiger partial charge in [0.15, 0.2) is 0 Å². The van der Waals surface area contributed by atoms with E-state index in [4.69, 9.17) is 5.21 Å². The van der Waals surface area contributed by atoms with Gasteiger partial charge >= 0.3 is 0 Å². The Bertz CT molecular complexity index is 220. The first kappa shape index (κ1) is 7.01. The van der Waals surface area contributed by atoms with Crippen LogP contribution in [0.25, 0.3) is 0 Å². The Morgan fingerprint density at radius 1 is 1.78 bits per heavy atom. The van der Waals surface area contributed by atoms with Crippen LogP contribution >= 0.6 is 33.9 Å². The average Bonchev–Trinajstić information content (AvgIpc) is 2.17. The molecule has 1 N–H and O–H groups in total. The summed E-state index contributed by atoms with van der Waals surface area (Å²) < 4.78 is 1.20. The average molecular weight is 253 g/mol. The fourth-order valence-electron chi connectivity index (χ4n) is 0.458. The molecule has 0 atom stereocenters. The van der Waals surface area contributed by atoms with Crippen LogP contribution in [-0.4, -0.2) is 11.4 Å². The number of hydrogen-bond acceptors (Lipinski definition) is 3. The zero-order valence-corrected chi connectivity index (χ0v) is 7.39. The molecule has 1 rings (SSSR count). The summed E-state index contributed by atoms with van der Waals surface area (Å²) in [5.74, 6) is 0. The maximum Gasteiger partial charge on any atom is 0.0742 e. The number of thiophene rings is 1. The fraction of sp³-hybridized carbons (Fsp3) is 0. The third-order valence-corrected chi connectivity index (χ3v) is 2.60. The van der Waals surface area contributed by atoms with Gasteiger partial charge in [-0.15, -0.1) is 11.3 Å². The van der Waals surface area contributed by atoms with E-state index in [0.717, 1.165) is 5.56 Å². The second kappa shape index (κ2) is 3.17. The molecular formula is C5H4INOS. The second-order valence-corrected chi connectivity index (χ2v) is 4.23. The Hall–Kier alpha value is -0.100. The highest BCUT2D eigenvalue weighted by molar-refractivity contribution is 14.1. The minimum Gasteiger partial charge on any atom is -0.411 e. The molecule has 0 saturated heterocycles. The summed E-state index contributed by atoms with van der Waals surface area (Å²) in [5.41, 5.74) is 0.951. The topological polar surface area (TPSA) is 32.6 Å². The lowest BCUT2D eigenvalue weighted by Crippen LogP contribution is -1.71. The van der Waals surface area contributed by atoms with Crippen LogP contribution in [0.15, 0.2) is 16.6 Å². The van der Waals surface area contributed by atoms with Gasteiger partial charge in [0.25, 0.3) is 0 Å². The molecule has 0 aliphatic rings. The molecule has 2 nitrogen and oxygen atoms in total. The summed E-state index contributed by atoms with van der Waals surface area (Å²) in [6.07, 6.45) is 1.42. The van der Waals surface area contributed by atoms with Gasteiger partial charge in [0, 0.05) is 10.9 Å². The zero-order chi connectivity index (χ0) is 6.69. The van der Waals surface area contributed by atoms with E-state index in [1.165, 1.54) is 9.10 Å². The van der Waals surface area contributed by atoms with Crippen molar-refractivity contribution in [1.82, 2.24) is 0 Å². The van der Waals surface area contributed by atoms with E-state index >= 15 is 0 Å². The summed E-state index contributed by atoms with van der Waals surface area (Å²) >= 11 is 3.84. The SMILES string of the molecule is O/N=C/c1csc(I)c1. The molecule has 0 bridgehead atoms. The molecule has 1 aromatic heterocycles. The van der Waals surface area contributed by atoms with Gasteiger partial charge in [-0.3, -0.25) is 0 Å². The van der Waals surface area contributed by atoms with Crippen LogP contribution in [0.1, 0.15) is 5.56 Å². The molecule has 9 heavy (non-hydrogen) atoms. The monoisotopic (exact) mass is 253 g/mol. The Labute approximate surface area is 70.3 Å². The molecule has 4 heteroatoms. The molecule has 0 unspecified atom stereocenters. The summed E-state index contributed by atoms with van der Waals surface area (Å²) in [4.78, 5) is 0. The number of nitrogens with zero attached hydrogens (tertiary/aromatic N) is 1. The number of halogens is 1. The Kier molecular flexibility index (Phi) is 2.47. The largest absolute Gasteiger partial charge is 0.411 e. The normalized spacial score (nSPS) is 10.8. The molecule has 0 saturated carbocycles. The fourth-order valence-corrected chi connectivity index (χ4v) is 1.78. The van der Waals surface area contributed by atoms with E-state index in [1.54, 1.807) is 11.3 Å². The van der Waals surface area contributed by atoms with E-state index in [9.17, 15) is 0 Å². The molecule has 0 fully saturated rings.